The van der Waals surface area contributed by atoms with Crippen molar-refractivity contribution in [2.75, 3.05) is 5.43 Å². The van der Waals surface area contributed by atoms with Gasteiger partial charge in [-0.2, -0.15) is 0 Å². The predicted molar refractivity (Wildman–Crippen MR) is 106 cm³/mol. The number of aromatic nitrogens is 2. The van der Waals surface area contributed by atoms with Crippen molar-refractivity contribution >= 4 is 28.6 Å². The summed E-state index contributed by atoms with van der Waals surface area (Å²) in [6.45, 7) is 0. The van der Waals surface area contributed by atoms with Crippen LogP contribution >= 0.6 is 11.8 Å². The Hall–Kier alpha value is -3.09. The Kier molecular flexibility index (Phi) is 4.43. The van der Waals surface area contributed by atoms with Crippen LogP contribution in [0.1, 0.15) is 0 Å². The fourth-order valence-corrected chi connectivity index (χ4v) is 3.75. The van der Waals surface area contributed by atoms with Gasteiger partial charge in [0.1, 0.15) is 0 Å². The number of para-hydroxylation sites is 2. The van der Waals surface area contributed by atoms with E-state index in [9.17, 15) is 4.79 Å². The molecule has 0 bridgehead atoms. The summed E-state index contributed by atoms with van der Waals surface area (Å²) in [6, 6.07) is 25.0. The lowest BCUT2D eigenvalue weighted by molar-refractivity contribution is 0.935. The summed E-state index contributed by atoms with van der Waals surface area (Å²) in [6.07, 6.45) is 0. The zero-order valence-corrected chi connectivity index (χ0v) is 14.6. The SMILES string of the molecule is NNc1nc2ccccc2c(=O)n1-c1ccccc1Sc1ccccc1. The summed E-state index contributed by atoms with van der Waals surface area (Å²) in [5.74, 6) is 5.97. The average Bonchev–Trinajstić information content (AvgIpc) is 2.69. The molecule has 0 aliphatic carbocycles. The third kappa shape index (κ3) is 2.96. The number of nitrogens with one attached hydrogen (secondary N) is 1. The molecule has 1 aromatic heterocycles. The van der Waals surface area contributed by atoms with E-state index >= 15 is 0 Å². The number of rotatable bonds is 4. The van der Waals surface area contributed by atoms with Crippen molar-refractivity contribution in [2.45, 2.75) is 9.79 Å². The normalized spacial score (nSPS) is 10.8. The first-order valence-electron chi connectivity index (χ1n) is 8.08. The number of hydrogen-bond donors (Lipinski definition) is 2. The number of nitrogen functional groups attached to an aromatic ring is 1. The highest BCUT2D eigenvalue weighted by atomic mass is 32.2. The largest absolute Gasteiger partial charge is 0.293 e. The molecular weight excluding hydrogens is 344 g/mol. The van der Waals surface area contributed by atoms with Gasteiger partial charge in [-0.25, -0.2) is 15.4 Å². The number of benzene rings is 3. The highest BCUT2D eigenvalue weighted by Crippen LogP contribution is 2.32. The van der Waals surface area contributed by atoms with E-state index in [1.165, 1.54) is 4.57 Å². The second-order valence-corrected chi connectivity index (χ2v) is 6.74. The van der Waals surface area contributed by atoms with Gasteiger partial charge in [0.2, 0.25) is 5.95 Å². The zero-order chi connectivity index (χ0) is 17.9. The van der Waals surface area contributed by atoms with Gasteiger partial charge in [0.25, 0.3) is 5.56 Å². The van der Waals surface area contributed by atoms with Crippen LogP contribution in [0.5, 0.6) is 0 Å². The summed E-state index contributed by atoms with van der Waals surface area (Å²) in [4.78, 5) is 19.7. The molecule has 0 saturated carbocycles. The number of hydrogen-bond acceptors (Lipinski definition) is 5. The maximum atomic E-state index is 13.1. The van der Waals surface area contributed by atoms with Gasteiger partial charge < -0.3 is 0 Å². The van der Waals surface area contributed by atoms with Gasteiger partial charge >= 0.3 is 0 Å². The van der Waals surface area contributed by atoms with Gasteiger partial charge in [0.15, 0.2) is 0 Å². The van der Waals surface area contributed by atoms with Gasteiger partial charge in [-0.05, 0) is 36.4 Å². The Bertz CT molecular complexity index is 1130. The molecule has 0 unspecified atom stereocenters. The van der Waals surface area contributed by atoms with Gasteiger partial charge in [0.05, 0.1) is 16.6 Å². The van der Waals surface area contributed by atoms with Crippen molar-refractivity contribution < 1.29 is 0 Å². The van der Waals surface area contributed by atoms with Crippen molar-refractivity contribution in [3.8, 4) is 5.69 Å². The highest BCUT2D eigenvalue weighted by Gasteiger charge is 2.15. The van der Waals surface area contributed by atoms with Crippen LogP contribution in [0.2, 0.25) is 0 Å². The van der Waals surface area contributed by atoms with E-state index in [1.54, 1.807) is 23.9 Å². The zero-order valence-electron chi connectivity index (χ0n) is 13.8. The van der Waals surface area contributed by atoms with Gasteiger partial charge in [-0.1, -0.05) is 54.2 Å². The van der Waals surface area contributed by atoms with Crippen LogP contribution in [-0.2, 0) is 0 Å². The van der Waals surface area contributed by atoms with E-state index in [-0.39, 0.29) is 5.56 Å². The monoisotopic (exact) mass is 360 g/mol. The molecule has 5 nitrogen and oxygen atoms in total. The molecule has 4 rings (SSSR count). The van der Waals surface area contributed by atoms with Crippen molar-refractivity contribution in [2.24, 2.45) is 5.84 Å². The molecule has 0 aliphatic heterocycles. The first-order valence-corrected chi connectivity index (χ1v) is 8.90. The molecule has 0 radical (unpaired) electrons. The van der Waals surface area contributed by atoms with E-state index in [1.807, 2.05) is 66.7 Å². The Morgan fingerprint density at radius 2 is 1.58 bits per heavy atom. The van der Waals surface area contributed by atoms with Gasteiger partial charge in [0, 0.05) is 9.79 Å². The van der Waals surface area contributed by atoms with Crippen molar-refractivity contribution in [1.82, 2.24) is 9.55 Å². The summed E-state index contributed by atoms with van der Waals surface area (Å²) in [5, 5.41) is 0.547. The Morgan fingerprint density at radius 1 is 0.885 bits per heavy atom. The van der Waals surface area contributed by atoms with E-state index in [0.717, 1.165) is 15.5 Å². The Balaban J connectivity index is 1.94. The van der Waals surface area contributed by atoms with E-state index in [2.05, 4.69) is 10.4 Å². The number of nitrogens with two attached hydrogens (primary N) is 1. The predicted octanol–water partition coefficient (Wildman–Crippen LogP) is 3.82. The summed E-state index contributed by atoms with van der Waals surface area (Å²) in [7, 11) is 0. The van der Waals surface area contributed by atoms with Crippen LogP contribution in [0.4, 0.5) is 5.95 Å². The van der Waals surface area contributed by atoms with Crippen LogP contribution in [0.15, 0.2) is 93.4 Å². The number of hydrazine groups is 1. The van der Waals surface area contributed by atoms with Crippen LogP contribution in [0.25, 0.3) is 16.6 Å². The molecule has 26 heavy (non-hydrogen) atoms. The Labute approximate surface area is 154 Å². The third-order valence-corrected chi connectivity index (χ3v) is 5.05. The first-order chi connectivity index (χ1) is 12.8. The summed E-state index contributed by atoms with van der Waals surface area (Å²) in [5.41, 5.74) is 3.74. The molecule has 3 aromatic carbocycles. The third-order valence-electron chi connectivity index (χ3n) is 3.98. The molecular formula is C20H16N4OS. The number of nitrogens with zero attached hydrogens (tertiary/aromatic N) is 2. The highest BCUT2D eigenvalue weighted by molar-refractivity contribution is 7.99. The van der Waals surface area contributed by atoms with E-state index in [4.69, 9.17) is 5.84 Å². The van der Waals surface area contributed by atoms with E-state index in [0.29, 0.717) is 16.9 Å². The minimum Gasteiger partial charge on any atom is -0.293 e. The van der Waals surface area contributed by atoms with Crippen molar-refractivity contribution in [3.63, 3.8) is 0 Å². The van der Waals surface area contributed by atoms with E-state index < -0.39 is 0 Å². The lowest BCUT2D eigenvalue weighted by Gasteiger charge is -2.16. The molecule has 3 N–H and O–H groups in total. The molecule has 0 atom stereocenters. The van der Waals surface area contributed by atoms with Crippen LogP contribution in [0, 0.1) is 0 Å². The minimum absolute atomic E-state index is 0.162. The van der Waals surface area contributed by atoms with Crippen LogP contribution < -0.4 is 16.8 Å². The summed E-state index contributed by atoms with van der Waals surface area (Å²) >= 11 is 1.59. The topological polar surface area (TPSA) is 72.9 Å². The molecule has 1 heterocycles. The molecule has 0 fully saturated rings. The maximum absolute atomic E-state index is 13.1. The maximum Gasteiger partial charge on any atom is 0.267 e. The van der Waals surface area contributed by atoms with Crippen LogP contribution in [-0.4, -0.2) is 9.55 Å². The second-order valence-electron chi connectivity index (χ2n) is 5.62. The molecule has 0 saturated heterocycles. The Morgan fingerprint density at radius 3 is 2.38 bits per heavy atom. The lowest BCUT2D eigenvalue weighted by Crippen LogP contribution is -2.26. The summed E-state index contributed by atoms with van der Waals surface area (Å²) < 4.78 is 1.52. The fraction of sp³-hybridized carbons (Fsp3) is 0. The average molecular weight is 360 g/mol. The molecule has 0 spiro atoms. The molecule has 4 aromatic rings. The van der Waals surface area contributed by atoms with Gasteiger partial charge in [-0.15, -0.1) is 0 Å². The quantitative estimate of drug-likeness (QED) is 0.427. The fourth-order valence-electron chi connectivity index (χ4n) is 2.80. The molecule has 0 amide bonds. The first kappa shape index (κ1) is 16.4. The van der Waals surface area contributed by atoms with Gasteiger partial charge in [-0.3, -0.25) is 10.2 Å². The number of fused-ring (bicyclic) bond motifs is 1. The molecule has 128 valence electrons. The smallest absolute Gasteiger partial charge is 0.267 e. The van der Waals surface area contributed by atoms with Crippen molar-refractivity contribution in [3.05, 3.63) is 89.2 Å². The lowest BCUT2D eigenvalue weighted by atomic mass is 10.2. The minimum atomic E-state index is -0.162. The molecule has 6 heteroatoms. The standard InChI is InChI=1S/C20H16N4OS/c21-23-20-22-16-11-5-4-10-15(16)19(25)24(20)17-12-6-7-13-18(17)26-14-8-2-1-3-9-14/h1-13H,21H2,(H,22,23). The van der Waals surface area contributed by atoms with Crippen LogP contribution in [0.3, 0.4) is 0 Å². The van der Waals surface area contributed by atoms with Crippen molar-refractivity contribution in [1.29, 1.82) is 0 Å². The number of anilines is 1. The second kappa shape index (κ2) is 7.03. The molecule has 0 aliphatic rings.